The number of fused-ring (bicyclic) bond motifs is 5. The minimum atomic E-state index is 0.0142. The van der Waals surface area contributed by atoms with E-state index in [2.05, 4.69) is 158 Å². The van der Waals surface area contributed by atoms with Crippen molar-refractivity contribution >= 4 is 39.4 Å². The van der Waals surface area contributed by atoms with E-state index in [0.717, 1.165) is 67.3 Å². The third-order valence-corrected chi connectivity index (χ3v) is 9.41. The highest BCUT2D eigenvalue weighted by Crippen LogP contribution is 2.42. The van der Waals surface area contributed by atoms with Crippen LogP contribution in [0.4, 0.5) is 0 Å². The van der Waals surface area contributed by atoms with Crippen molar-refractivity contribution in [3.8, 4) is 45.2 Å². The minimum absolute atomic E-state index is 0.0142. The molecule has 0 fully saturated rings. The first-order chi connectivity index (χ1) is 22.7. The molecule has 1 aromatic heterocycles. The van der Waals surface area contributed by atoms with E-state index in [1.165, 1.54) is 21.8 Å². The van der Waals surface area contributed by atoms with Gasteiger partial charge in [-0.05, 0) is 77.9 Å². The van der Waals surface area contributed by atoms with Gasteiger partial charge in [0.05, 0.1) is 16.8 Å². The summed E-state index contributed by atoms with van der Waals surface area (Å²) in [6.45, 7) is 4.14. The maximum Gasteiger partial charge on any atom is 0.260 e. The number of ether oxygens (including phenoxy) is 2. The summed E-state index contributed by atoms with van der Waals surface area (Å²) in [7, 11) is 0. The Hall–Kier alpha value is -5.74. The number of hydrogen-bond acceptors (Lipinski definition) is 2. The van der Waals surface area contributed by atoms with Crippen molar-refractivity contribution in [1.82, 2.24) is 4.57 Å². The van der Waals surface area contributed by atoms with E-state index >= 15 is 0 Å². The molecule has 4 heteroatoms. The van der Waals surface area contributed by atoms with E-state index < -0.39 is 0 Å². The topological polar surface area (TPSA) is 23.4 Å². The van der Waals surface area contributed by atoms with Gasteiger partial charge in [-0.1, -0.05) is 109 Å². The summed E-state index contributed by atoms with van der Waals surface area (Å²) in [5, 5.41) is 2.52. The first-order valence-corrected chi connectivity index (χ1v) is 15.8. The maximum atomic E-state index is 6.92. The van der Waals surface area contributed by atoms with Crippen molar-refractivity contribution in [3.05, 3.63) is 157 Å². The molecule has 7 aromatic rings. The summed E-state index contributed by atoms with van der Waals surface area (Å²) < 4.78 is 15.8. The van der Waals surface area contributed by atoms with Crippen LogP contribution in [0.2, 0.25) is 0 Å². The van der Waals surface area contributed by atoms with Crippen molar-refractivity contribution in [3.63, 3.8) is 0 Å². The summed E-state index contributed by atoms with van der Waals surface area (Å²) in [5.41, 5.74) is 11.3. The van der Waals surface area contributed by atoms with Crippen LogP contribution in [0.3, 0.4) is 0 Å². The van der Waals surface area contributed by atoms with Gasteiger partial charge in [-0.15, -0.1) is 0 Å². The Kier molecular flexibility index (Phi) is 6.04. The predicted octanol–water partition coefficient (Wildman–Crippen LogP) is 9.61. The van der Waals surface area contributed by atoms with Gasteiger partial charge in [0.2, 0.25) is 0 Å². The Morgan fingerprint density at radius 3 is 1.96 bits per heavy atom. The summed E-state index contributed by atoms with van der Waals surface area (Å²) in [6, 6.07) is 47.4. The Labute approximate surface area is 268 Å². The molecule has 0 saturated carbocycles. The van der Waals surface area contributed by atoms with Gasteiger partial charge in [-0.25, -0.2) is 0 Å². The molecule has 3 nitrogen and oxygen atoms in total. The molecule has 0 bridgehead atoms. The lowest BCUT2D eigenvalue weighted by molar-refractivity contribution is 0.420. The van der Waals surface area contributed by atoms with Gasteiger partial charge < -0.3 is 14.0 Å². The standard InChI is InChI=1S/C42H30BNO2/c1-3-12-35-27(2)45-39-25-30(28-13-5-4-6-14-28)26-40-41(39)43(35)36-18-11-17-32(42(36)46-40)29-21-23-31(24-22-29)44-37-19-9-7-15-33(37)34-16-8-10-20-38(34)44/h3-26H,1-2H3/b12-3-. The highest BCUT2D eigenvalue weighted by Gasteiger charge is 2.41. The lowest BCUT2D eigenvalue weighted by Crippen LogP contribution is -2.51. The molecule has 218 valence electrons. The molecule has 0 unspecified atom stereocenters. The number of aromatic nitrogens is 1. The molecule has 2 aliphatic rings. The first kappa shape index (κ1) is 26.6. The monoisotopic (exact) mass is 591 g/mol. The number of benzene rings is 6. The van der Waals surface area contributed by atoms with E-state index in [1.54, 1.807) is 0 Å². The fourth-order valence-corrected chi connectivity index (χ4v) is 7.37. The molecule has 6 aromatic carbocycles. The van der Waals surface area contributed by atoms with Crippen molar-refractivity contribution in [2.45, 2.75) is 13.8 Å². The lowest BCUT2D eigenvalue weighted by Gasteiger charge is -2.34. The van der Waals surface area contributed by atoms with Gasteiger partial charge in [0.1, 0.15) is 17.2 Å². The van der Waals surface area contributed by atoms with Gasteiger partial charge >= 0.3 is 0 Å². The van der Waals surface area contributed by atoms with Gasteiger partial charge in [-0.3, -0.25) is 0 Å². The highest BCUT2D eigenvalue weighted by molar-refractivity contribution is 6.94. The zero-order chi connectivity index (χ0) is 30.8. The van der Waals surface area contributed by atoms with Crippen LogP contribution in [0.1, 0.15) is 13.8 Å². The molecule has 0 amide bonds. The zero-order valence-corrected chi connectivity index (χ0v) is 25.7. The maximum absolute atomic E-state index is 6.92. The highest BCUT2D eigenvalue weighted by atomic mass is 16.5. The van der Waals surface area contributed by atoms with E-state index in [-0.39, 0.29) is 6.71 Å². The largest absolute Gasteiger partial charge is 0.463 e. The molecule has 0 radical (unpaired) electrons. The van der Waals surface area contributed by atoms with Crippen LogP contribution in [0.5, 0.6) is 17.2 Å². The van der Waals surface area contributed by atoms with Crippen molar-refractivity contribution in [2.24, 2.45) is 0 Å². The molecule has 0 spiro atoms. The van der Waals surface area contributed by atoms with Gasteiger partial charge in [0.15, 0.2) is 0 Å². The molecule has 46 heavy (non-hydrogen) atoms. The lowest BCUT2D eigenvalue weighted by atomic mass is 9.34. The normalized spacial score (nSPS) is 13.6. The van der Waals surface area contributed by atoms with Crippen molar-refractivity contribution in [2.75, 3.05) is 0 Å². The van der Waals surface area contributed by atoms with Crippen LogP contribution in [0.25, 0.3) is 49.7 Å². The summed E-state index contributed by atoms with van der Waals surface area (Å²) in [6.07, 6.45) is 4.28. The second kappa shape index (κ2) is 10.4. The fraction of sp³-hybridized carbons (Fsp3) is 0.0476. The minimum Gasteiger partial charge on any atom is -0.463 e. The van der Waals surface area contributed by atoms with Crippen molar-refractivity contribution < 1.29 is 9.47 Å². The molecular weight excluding hydrogens is 561 g/mol. The Morgan fingerprint density at radius 2 is 1.26 bits per heavy atom. The van der Waals surface area contributed by atoms with Gasteiger partial charge in [-0.2, -0.15) is 0 Å². The van der Waals surface area contributed by atoms with Crippen LogP contribution >= 0.6 is 0 Å². The second-order valence-electron chi connectivity index (χ2n) is 12.0. The van der Waals surface area contributed by atoms with E-state index in [1.807, 2.05) is 6.07 Å². The number of nitrogens with zero attached hydrogens (tertiary/aromatic N) is 1. The molecule has 3 heterocycles. The molecule has 0 aliphatic carbocycles. The van der Waals surface area contributed by atoms with E-state index in [4.69, 9.17) is 9.47 Å². The van der Waals surface area contributed by atoms with Gasteiger partial charge in [0, 0.05) is 27.5 Å². The quantitative estimate of drug-likeness (QED) is 0.190. The predicted molar refractivity (Wildman–Crippen MR) is 191 cm³/mol. The van der Waals surface area contributed by atoms with Crippen molar-refractivity contribution in [1.29, 1.82) is 0 Å². The third-order valence-electron chi connectivity index (χ3n) is 9.41. The van der Waals surface area contributed by atoms with Crippen LogP contribution in [0, 0.1) is 0 Å². The van der Waals surface area contributed by atoms with E-state index in [0.29, 0.717) is 0 Å². The average molecular weight is 592 g/mol. The van der Waals surface area contributed by atoms with Crippen LogP contribution in [-0.2, 0) is 0 Å². The van der Waals surface area contributed by atoms with Gasteiger partial charge in [0.25, 0.3) is 6.71 Å². The second-order valence-corrected chi connectivity index (χ2v) is 12.0. The number of allylic oxidation sites excluding steroid dienone is 4. The van der Waals surface area contributed by atoms with Crippen LogP contribution in [-0.4, -0.2) is 11.3 Å². The molecule has 0 atom stereocenters. The average Bonchev–Trinajstić information content (AvgIpc) is 3.44. The van der Waals surface area contributed by atoms with E-state index in [9.17, 15) is 0 Å². The first-order valence-electron chi connectivity index (χ1n) is 15.8. The SMILES string of the molecule is C/C=C\C1=C(C)Oc2cc(-c3ccccc3)cc3c2B1c1cccc(-c2ccc(-n4c5ccccc5c5ccccc54)cc2)c1O3. The molecule has 9 rings (SSSR count). The molecule has 0 N–H and O–H groups in total. The summed E-state index contributed by atoms with van der Waals surface area (Å²) >= 11 is 0. The molecule has 2 aliphatic heterocycles. The summed E-state index contributed by atoms with van der Waals surface area (Å²) in [5.74, 6) is 3.52. The fourth-order valence-electron chi connectivity index (χ4n) is 7.37. The van der Waals surface area contributed by atoms with Crippen LogP contribution < -0.4 is 20.4 Å². The number of para-hydroxylation sites is 3. The number of hydrogen-bond donors (Lipinski definition) is 0. The summed E-state index contributed by atoms with van der Waals surface area (Å²) in [4.78, 5) is 0. The third kappa shape index (κ3) is 4.00. The zero-order valence-electron chi connectivity index (χ0n) is 25.7. The molecular formula is C42H30BNO2. The Bertz CT molecular complexity index is 2330. The number of rotatable bonds is 4. The Morgan fingerprint density at radius 1 is 0.609 bits per heavy atom. The van der Waals surface area contributed by atoms with Crippen LogP contribution in [0.15, 0.2) is 157 Å². The smallest absolute Gasteiger partial charge is 0.260 e. The molecule has 0 saturated heterocycles. The Balaban J connectivity index is 1.20.